The standard InChI is InChI=1S/C12H20O3/c1-10-6-3-2-4-7-11(13)8-5-9-12(14)15-10/h2-3,10-11,13H,4-9H2,1H3/b3-2-/t10-,11+/m1/s1. The average Bonchev–Trinajstić information content (AvgIpc) is 2.15. The zero-order chi connectivity index (χ0) is 11.1. The molecule has 0 aromatic rings. The number of hydrogen-bond donors (Lipinski definition) is 1. The number of cyclic esters (lactones) is 1. The normalized spacial score (nSPS) is 32.3. The minimum absolute atomic E-state index is 0.0295. The van der Waals surface area contributed by atoms with E-state index in [1.807, 2.05) is 13.0 Å². The van der Waals surface area contributed by atoms with Crippen LogP contribution >= 0.6 is 0 Å². The molecule has 0 saturated carbocycles. The maximum absolute atomic E-state index is 11.3. The Labute approximate surface area is 91.1 Å². The van der Waals surface area contributed by atoms with Crippen LogP contribution in [0.5, 0.6) is 0 Å². The number of aliphatic hydroxyl groups is 1. The summed E-state index contributed by atoms with van der Waals surface area (Å²) < 4.78 is 5.19. The number of esters is 1. The summed E-state index contributed by atoms with van der Waals surface area (Å²) in [6, 6.07) is 0. The Morgan fingerprint density at radius 1 is 1.40 bits per heavy atom. The second-order valence-corrected chi connectivity index (χ2v) is 4.13. The molecule has 2 atom stereocenters. The second kappa shape index (κ2) is 6.62. The number of ether oxygens (including phenoxy) is 1. The van der Waals surface area contributed by atoms with Gasteiger partial charge in [-0.25, -0.2) is 0 Å². The minimum Gasteiger partial charge on any atom is -0.462 e. The molecule has 0 aromatic heterocycles. The molecule has 0 unspecified atom stereocenters. The molecule has 0 aliphatic carbocycles. The molecule has 1 heterocycles. The molecule has 86 valence electrons. The Bertz CT molecular complexity index is 223. The van der Waals surface area contributed by atoms with Crippen LogP contribution in [0.1, 0.15) is 45.4 Å². The highest BCUT2D eigenvalue weighted by atomic mass is 16.5. The summed E-state index contributed by atoms with van der Waals surface area (Å²) in [6.45, 7) is 1.91. The van der Waals surface area contributed by atoms with Crippen molar-refractivity contribution in [1.82, 2.24) is 0 Å². The van der Waals surface area contributed by atoms with E-state index >= 15 is 0 Å². The summed E-state index contributed by atoms with van der Waals surface area (Å²) >= 11 is 0. The van der Waals surface area contributed by atoms with Gasteiger partial charge in [0.2, 0.25) is 0 Å². The molecule has 3 heteroatoms. The number of hydrogen-bond acceptors (Lipinski definition) is 3. The highest BCUT2D eigenvalue weighted by Gasteiger charge is 2.10. The second-order valence-electron chi connectivity index (χ2n) is 4.13. The monoisotopic (exact) mass is 212 g/mol. The molecule has 0 bridgehead atoms. The molecule has 1 N–H and O–H groups in total. The van der Waals surface area contributed by atoms with Crippen molar-refractivity contribution < 1.29 is 14.6 Å². The van der Waals surface area contributed by atoms with Gasteiger partial charge in [0.15, 0.2) is 0 Å². The maximum Gasteiger partial charge on any atom is 0.306 e. The molecule has 3 nitrogen and oxygen atoms in total. The topological polar surface area (TPSA) is 46.5 Å². The lowest BCUT2D eigenvalue weighted by atomic mass is 10.1. The van der Waals surface area contributed by atoms with E-state index in [2.05, 4.69) is 6.08 Å². The minimum atomic E-state index is -0.278. The van der Waals surface area contributed by atoms with Gasteiger partial charge in [-0.15, -0.1) is 0 Å². The third kappa shape index (κ3) is 5.57. The van der Waals surface area contributed by atoms with Crippen LogP contribution in [-0.2, 0) is 9.53 Å². The summed E-state index contributed by atoms with van der Waals surface area (Å²) in [5.41, 5.74) is 0. The average molecular weight is 212 g/mol. The van der Waals surface area contributed by atoms with Crippen molar-refractivity contribution in [3.63, 3.8) is 0 Å². The molecule has 0 radical (unpaired) electrons. The first-order valence-corrected chi connectivity index (χ1v) is 5.71. The Morgan fingerprint density at radius 3 is 3.00 bits per heavy atom. The van der Waals surface area contributed by atoms with Crippen molar-refractivity contribution in [1.29, 1.82) is 0 Å². The molecule has 0 aromatic carbocycles. The predicted molar refractivity (Wildman–Crippen MR) is 58.4 cm³/mol. The Morgan fingerprint density at radius 2 is 2.20 bits per heavy atom. The van der Waals surface area contributed by atoms with Gasteiger partial charge in [0.1, 0.15) is 6.10 Å². The molecule has 1 aliphatic heterocycles. The van der Waals surface area contributed by atoms with E-state index in [0.29, 0.717) is 12.8 Å². The van der Waals surface area contributed by atoms with Crippen molar-refractivity contribution >= 4 is 5.97 Å². The number of rotatable bonds is 0. The predicted octanol–water partition coefficient (Wildman–Crippen LogP) is 2.19. The van der Waals surface area contributed by atoms with E-state index in [9.17, 15) is 9.90 Å². The van der Waals surface area contributed by atoms with Crippen molar-refractivity contribution in [2.24, 2.45) is 0 Å². The van der Waals surface area contributed by atoms with Gasteiger partial charge in [-0.3, -0.25) is 4.79 Å². The molecule has 0 spiro atoms. The van der Waals surface area contributed by atoms with Gasteiger partial charge >= 0.3 is 5.97 Å². The van der Waals surface area contributed by atoms with Gasteiger partial charge in [-0.1, -0.05) is 12.2 Å². The molecule has 15 heavy (non-hydrogen) atoms. The Kier molecular flexibility index (Phi) is 5.40. The van der Waals surface area contributed by atoms with Crippen molar-refractivity contribution in [3.8, 4) is 0 Å². The molecular weight excluding hydrogens is 192 g/mol. The van der Waals surface area contributed by atoms with Crippen LogP contribution in [0.15, 0.2) is 12.2 Å². The SMILES string of the molecule is C[C@@H]1C/C=C\CC[C@H](O)CCCC(=O)O1. The van der Waals surface area contributed by atoms with Gasteiger partial charge in [-0.05, 0) is 32.6 Å². The van der Waals surface area contributed by atoms with Crippen LogP contribution in [0.4, 0.5) is 0 Å². The van der Waals surface area contributed by atoms with Crippen molar-refractivity contribution in [2.45, 2.75) is 57.7 Å². The molecule has 0 fully saturated rings. The summed E-state index contributed by atoms with van der Waals surface area (Å²) in [5, 5.41) is 9.55. The first-order valence-electron chi connectivity index (χ1n) is 5.71. The lowest BCUT2D eigenvalue weighted by molar-refractivity contribution is -0.148. The zero-order valence-electron chi connectivity index (χ0n) is 9.32. The van der Waals surface area contributed by atoms with E-state index in [-0.39, 0.29) is 18.2 Å². The van der Waals surface area contributed by atoms with E-state index in [4.69, 9.17) is 4.74 Å². The Balaban J connectivity index is 2.44. The van der Waals surface area contributed by atoms with Crippen molar-refractivity contribution in [3.05, 3.63) is 12.2 Å². The van der Waals surface area contributed by atoms with Crippen molar-refractivity contribution in [2.75, 3.05) is 0 Å². The van der Waals surface area contributed by atoms with E-state index in [0.717, 1.165) is 25.7 Å². The molecule has 1 rings (SSSR count). The number of carbonyl (C=O) groups is 1. The number of carbonyl (C=O) groups excluding carboxylic acids is 1. The van der Waals surface area contributed by atoms with Gasteiger partial charge in [0.05, 0.1) is 6.10 Å². The van der Waals surface area contributed by atoms with Gasteiger partial charge in [0, 0.05) is 12.8 Å². The van der Waals surface area contributed by atoms with Crippen LogP contribution in [0, 0.1) is 0 Å². The first-order chi connectivity index (χ1) is 7.18. The highest BCUT2D eigenvalue weighted by Crippen LogP contribution is 2.11. The highest BCUT2D eigenvalue weighted by molar-refractivity contribution is 5.69. The van der Waals surface area contributed by atoms with Crippen LogP contribution in [-0.4, -0.2) is 23.3 Å². The molecule has 0 saturated heterocycles. The smallest absolute Gasteiger partial charge is 0.306 e. The summed E-state index contributed by atoms with van der Waals surface area (Å²) in [4.78, 5) is 11.3. The van der Waals surface area contributed by atoms with Crippen LogP contribution in [0.2, 0.25) is 0 Å². The third-order valence-electron chi connectivity index (χ3n) is 2.55. The fourth-order valence-corrected chi connectivity index (χ4v) is 1.65. The van der Waals surface area contributed by atoms with E-state index in [1.54, 1.807) is 0 Å². The molecular formula is C12H20O3. The van der Waals surface area contributed by atoms with Gasteiger partial charge in [0.25, 0.3) is 0 Å². The lowest BCUT2D eigenvalue weighted by Gasteiger charge is -2.13. The summed E-state index contributed by atoms with van der Waals surface area (Å²) in [5.74, 6) is -0.149. The van der Waals surface area contributed by atoms with E-state index < -0.39 is 0 Å². The largest absolute Gasteiger partial charge is 0.462 e. The first kappa shape index (κ1) is 12.2. The van der Waals surface area contributed by atoms with Crippen LogP contribution in [0.3, 0.4) is 0 Å². The molecule has 0 amide bonds. The maximum atomic E-state index is 11.3. The summed E-state index contributed by atoms with van der Waals surface area (Å²) in [6.07, 6.45) is 8.06. The van der Waals surface area contributed by atoms with Gasteiger partial charge in [-0.2, -0.15) is 0 Å². The number of aliphatic hydroxyl groups excluding tert-OH is 1. The van der Waals surface area contributed by atoms with E-state index in [1.165, 1.54) is 0 Å². The molecule has 1 aliphatic rings. The zero-order valence-corrected chi connectivity index (χ0v) is 9.32. The summed E-state index contributed by atoms with van der Waals surface area (Å²) in [7, 11) is 0. The fraction of sp³-hybridized carbons (Fsp3) is 0.750. The van der Waals surface area contributed by atoms with Crippen LogP contribution in [0.25, 0.3) is 0 Å². The number of allylic oxidation sites excluding steroid dienone is 1. The van der Waals surface area contributed by atoms with Gasteiger partial charge < -0.3 is 9.84 Å². The lowest BCUT2D eigenvalue weighted by Crippen LogP contribution is -2.15. The Hall–Kier alpha value is -0.830. The fourth-order valence-electron chi connectivity index (χ4n) is 1.65. The van der Waals surface area contributed by atoms with Crippen LogP contribution < -0.4 is 0 Å². The third-order valence-corrected chi connectivity index (χ3v) is 2.55. The quantitative estimate of drug-likeness (QED) is 0.494.